The Bertz CT molecular complexity index is 580. The minimum Gasteiger partial charge on any atom is -0.378 e. The molecule has 2 unspecified atom stereocenters. The maximum atomic E-state index is 5.95. The van der Waals surface area contributed by atoms with Gasteiger partial charge in [0.2, 0.25) is 5.89 Å². The molecule has 0 bridgehead atoms. The Hall–Kier alpha value is -1.63. The molecule has 1 aliphatic rings. The summed E-state index contributed by atoms with van der Waals surface area (Å²) in [5, 5.41) is 10.9. The van der Waals surface area contributed by atoms with E-state index >= 15 is 0 Å². The maximum absolute atomic E-state index is 5.95. The summed E-state index contributed by atoms with van der Waals surface area (Å²) in [6, 6.07) is 0.385. The van der Waals surface area contributed by atoms with E-state index in [1.54, 1.807) is 7.05 Å². The molecule has 1 fully saturated rings. The smallest absolute Gasteiger partial charge is 0.228 e. The van der Waals surface area contributed by atoms with Crippen LogP contribution in [-0.2, 0) is 11.2 Å². The predicted molar refractivity (Wildman–Crippen MR) is 103 cm³/mol. The minimum atomic E-state index is 0.187. The van der Waals surface area contributed by atoms with Crippen LogP contribution in [0.1, 0.15) is 71.5 Å². The van der Waals surface area contributed by atoms with E-state index in [1.165, 1.54) is 0 Å². The Kier molecular flexibility index (Phi) is 7.43. The van der Waals surface area contributed by atoms with Crippen LogP contribution in [0, 0.1) is 5.41 Å². The van der Waals surface area contributed by atoms with Gasteiger partial charge in [-0.2, -0.15) is 4.98 Å². The zero-order valence-corrected chi connectivity index (χ0v) is 17.1. The molecule has 0 amide bonds. The van der Waals surface area contributed by atoms with Crippen LogP contribution in [0.5, 0.6) is 0 Å². The van der Waals surface area contributed by atoms with E-state index in [4.69, 9.17) is 9.26 Å². The summed E-state index contributed by atoms with van der Waals surface area (Å²) in [4.78, 5) is 8.77. The van der Waals surface area contributed by atoms with E-state index in [0.29, 0.717) is 31.0 Å². The van der Waals surface area contributed by atoms with Gasteiger partial charge in [-0.05, 0) is 26.2 Å². The maximum Gasteiger partial charge on any atom is 0.228 e. The molecule has 1 heterocycles. The molecule has 1 aromatic heterocycles. The average molecular weight is 366 g/mol. The molecule has 2 rings (SSSR count). The lowest BCUT2D eigenvalue weighted by Crippen LogP contribution is -2.65. The third-order valence-corrected chi connectivity index (χ3v) is 5.64. The molecule has 1 aliphatic carbocycles. The van der Waals surface area contributed by atoms with Crippen molar-refractivity contribution >= 4 is 5.96 Å². The van der Waals surface area contributed by atoms with Crippen molar-refractivity contribution in [2.45, 2.75) is 78.4 Å². The molecular formula is C19H35N5O2. The fraction of sp³-hybridized carbons (Fsp3) is 0.842. The molecular weight excluding hydrogens is 330 g/mol. The first-order chi connectivity index (χ1) is 12.5. The number of hydrogen-bond donors (Lipinski definition) is 2. The van der Waals surface area contributed by atoms with Crippen LogP contribution < -0.4 is 10.6 Å². The van der Waals surface area contributed by atoms with E-state index in [-0.39, 0.29) is 11.3 Å². The number of hydrogen-bond acceptors (Lipinski definition) is 5. The van der Waals surface area contributed by atoms with Crippen molar-refractivity contribution in [3.05, 3.63) is 11.7 Å². The highest BCUT2D eigenvalue weighted by Crippen LogP contribution is 2.48. The number of nitrogens with one attached hydrogen (secondary N) is 2. The molecule has 7 heteroatoms. The highest BCUT2D eigenvalue weighted by atomic mass is 16.5. The van der Waals surface area contributed by atoms with Crippen LogP contribution in [0.15, 0.2) is 9.52 Å². The first kappa shape index (κ1) is 20.7. The monoisotopic (exact) mass is 365 g/mol. The number of ether oxygens (including phenoxy) is 1. The molecule has 26 heavy (non-hydrogen) atoms. The van der Waals surface area contributed by atoms with Crippen molar-refractivity contribution in [1.29, 1.82) is 0 Å². The van der Waals surface area contributed by atoms with Crippen LogP contribution in [0.25, 0.3) is 0 Å². The normalized spacial score (nSPS) is 22.3. The van der Waals surface area contributed by atoms with E-state index < -0.39 is 0 Å². The van der Waals surface area contributed by atoms with Crippen LogP contribution in [-0.4, -0.2) is 48.4 Å². The number of rotatable bonds is 9. The lowest BCUT2D eigenvalue weighted by molar-refractivity contribution is -0.133. The number of aromatic nitrogens is 2. The number of nitrogens with zero attached hydrogens (tertiary/aromatic N) is 3. The van der Waals surface area contributed by atoms with E-state index in [9.17, 15) is 0 Å². The van der Waals surface area contributed by atoms with Crippen molar-refractivity contribution in [1.82, 2.24) is 20.8 Å². The van der Waals surface area contributed by atoms with Gasteiger partial charge >= 0.3 is 0 Å². The Labute approximate surface area is 157 Å². The van der Waals surface area contributed by atoms with Crippen molar-refractivity contribution in [2.75, 3.05) is 20.2 Å². The van der Waals surface area contributed by atoms with Crippen molar-refractivity contribution in [3.63, 3.8) is 0 Å². The lowest BCUT2D eigenvalue weighted by Gasteiger charge is -2.55. The molecule has 2 N–H and O–H groups in total. The molecule has 148 valence electrons. The number of guanidine groups is 1. The van der Waals surface area contributed by atoms with Gasteiger partial charge in [-0.3, -0.25) is 4.99 Å². The number of aliphatic imine (C=N–C) groups is 1. The van der Waals surface area contributed by atoms with Gasteiger partial charge in [-0.1, -0.05) is 32.9 Å². The second-order valence-electron chi connectivity index (χ2n) is 7.27. The summed E-state index contributed by atoms with van der Waals surface area (Å²) in [5.41, 5.74) is 0.187. The summed E-state index contributed by atoms with van der Waals surface area (Å²) in [6.07, 6.45) is 4.24. The Morgan fingerprint density at radius 1 is 1.35 bits per heavy atom. The third-order valence-electron chi connectivity index (χ3n) is 5.64. The second-order valence-corrected chi connectivity index (χ2v) is 7.27. The fourth-order valence-electron chi connectivity index (χ4n) is 3.83. The molecule has 1 aromatic rings. The Morgan fingerprint density at radius 2 is 2.08 bits per heavy atom. The van der Waals surface area contributed by atoms with Gasteiger partial charge in [0.1, 0.15) is 0 Å². The van der Waals surface area contributed by atoms with Crippen molar-refractivity contribution < 1.29 is 9.26 Å². The summed E-state index contributed by atoms with van der Waals surface area (Å²) >= 11 is 0. The summed E-state index contributed by atoms with van der Waals surface area (Å²) in [5.74, 6) is 2.52. The van der Waals surface area contributed by atoms with E-state index in [0.717, 1.165) is 37.7 Å². The van der Waals surface area contributed by atoms with Crippen LogP contribution in [0.2, 0.25) is 0 Å². The first-order valence-corrected chi connectivity index (χ1v) is 9.91. The van der Waals surface area contributed by atoms with Crippen LogP contribution in [0.3, 0.4) is 0 Å². The minimum absolute atomic E-state index is 0.187. The predicted octanol–water partition coefficient (Wildman–Crippen LogP) is 2.88. The molecule has 7 nitrogen and oxygen atoms in total. The fourth-order valence-corrected chi connectivity index (χ4v) is 3.83. The SMILES string of the molecule is CCOC1CC(NC(=NC)NCCc2nc(C(C)C)no2)C1(CC)CC. The summed E-state index contributed by atoms with van der Waals surface area (Å²) in [6.45, 7) is 12.2. The first-order valence-electron chi connectivity index (χ1n) is 9.91. The van der Waals surface area contributed by atoms with Crippen molar-refractivity contribution in [2.24, 2.45) is 10.4 Å². The van der Waals surface area contributed by atoms with Gasteiger partial charge in [0.25, 0.3) is 0 Å². The summed E-state index contributed by atoms with van der Waals surface area (Å²) in [7, 11) is 1.80. The highest BCUT2D eigenvalue weighted by Gasteiger charge is 2.53. The summed E-state index contributed by atoms with van der Waals surface area (Å²) < 4.78 is 11.2. The third kappa shape index (κ3) is 4.37. The van der Waals surface area contributed by atoms with Gasteiger partial charge in [0.15, 0.2) is 11.8 Å². The van der Waals surface area contributed by atoms with Gasteiger partial charge in [0, 0.05) is 44.0 Å². The zero-order valence-electron chi connectivity index (χ0n) is 17.1. The molecule has 1 saturated carbocycles. The standard InChI is InChI=1S/C19H35N5O2/c1-7-19(8-2)14(12-15(19)25-9-3)22-18(20-6)21-11-10-16-23-17(13(4)5)24-26-16/h13-15H,7-12H2,1-6H3,(H2,20,21,22). The Balaban J connectivity index is 1.85. The van der Waals surface area contributed by atoms with Gasteiger partial charge in [-0.15, -0.1) is 0 Å². The molecule has 2 atom stereocenters. The molecule has 0 spiro atoms. The van der Waals surface area contributed by atoms with Gasteiger partial charge < -0.3 is 19.9 Å². The molecule has 0 saturated heterocycles. The highest BCUT2D eigenvalue weighted by molar-refractivity contribution is 5.80. The van der Waals surface area contributed by atoms with E-state index in [2.05, 4.69) is 60.4 Å². The molecule has 0 aromatic carbocycles. The lowest BCUT2D eigenvalue weighted by atomic mass is 9.58. The van der Waals surface area contributed by atoms with Crippen LogP contribution in [0.4, 0.5) is 0 Å². The largest absolute Gasteiger partial charge is 0.378 e. The van der Waals surface area contributed by atoms with Crippen molar-refractivity contribution in [3.8, 4) is 0 Å². The van der Waals surface area contributed by atoms with E-state index in [1.807, 2.05) is 0 Å². The van der Waals surface area contributed by atoms with Gasteiger partial charge in [-0.25, -0.2) is 0 Å². The molecule has 0 radical (unpaired) electrons. The Morgan fingerprint density at radius 3 is 2.62 bits per heavy atom. The van der Waals surface area contributed by atoms with Gasteiger partial charge in [0.05, 0.1) is 6.10 Å². The molecule has 0 aliphatic heterocycles. The second kappa shape index (κ2) is 9.35. The average Bonchev–Trinajstić information content (AvgIpc) is 3.10. The zero-order chi connectivity index (χ0) is 19.2. The topological polar surface area (TPSA) is 84.6 Å². The quantitative estimate of drug-likeness (QED) is 0.517. The van der Waals surface area contributed by atoms with Crippen LogP contribution >= 0.6 is 0 Å².